The van der Waals surface area contributed by atoms with Gasteiger partial charge in [-0.15, -0.1) is 0 Å². The molecule has 0 saturated carbocycles. The first-order valence-corrected chi connectivity index (χ1v) is 7.19. The lowest BCUT2D eigenvalue weighted by Gasteiger charge is -2.23. The number of carbonyl (C=O) groups excluding carboxylic acids is 2. The van der Waals surface area contributed by atoms with E-state index in [1.54, 1.807) is 0 Å². The number of rotatable bonds is 8. The van der Waals surface area contributed by atoms with E-state index in [1.165, 1.54) is 18.6 Å². The fourth-order valence-corrected chi connectivity index (χ4v) is 1.89. The van der Waals surface area contributed by atoms with Crippen LogP contribution in [0.1, 0.15) is 30.8 Å². The first-order valence-electron chi connectivity index (χ1n) is 7.19. The lowest BCUT2D eigenvalue weighted by Crippen LogP contribution is -2.55. The molecule has 1 heterocycles. The molecule has 0 aliphatic rings. The average Bonchev–Trinajstić information content (AvgIpc) is 2.51. The predicted molar refractivity (Wildman–Crippen MR) is 81.9 cm³/mol. The lowest BCUT2D eigenvalue weighted by atomic mass is 9.75. The zero-order valence-corrected chi connectivity index (χ0v) is 13.0. The molecule has 1 aromatic heterocycles. The number of aliphatic hydroxyl groups is 1. The SMILES string of the molecule is CC(C)C[C@H](NC(=O)[C@H](CO)NC(=O)c1cnccn1)B(O)O. The maximum Gasteiger partial charge on any atom is 0.475 e. The van der Waals surface area contributed by atoms with Crippen molar-refractivity contribution in [3.63, 3.8) is 0 Å². The van der Waals surface area contributed by atoms with Crippen LogP contribution in [0.5, 0.6) is 0 Å². The first kappa shape index (κ1) is 19.0. The van der Waals surface area contributed by atoms with Gasteiger partial charge in [-0.25, -0.2) is 4.98 Å². The molecule has 0 spiro atoms. The molecule has 1 rings (SSSR count). The van der Waals surface area contributed by atoms with Crippen molar-refractivity contribution in [2.45, 2.75) is 32.3 Å². The summed E-state index contributed by atoms with van der Waals surface area (Å²) in [6.45, 7) is 3.08. The molecule has 0 saturated heterocycles. The minimum absolute atomic E-state index is 0.000302. The molecule has 5 N–H and O–H groups in total. The van der Waals surface area contributed by atoms with Crippen molar-refractivity contribution in [3.05, 3.63) is 24.3 Å². The van der Waals surface area contributed by atoms with E-state index in [0.29, 0.717) is 6.42 Å². The van der Waals surface area contributed by atoms with Gasteiger partial charge in [0.05, 0.1) is 18.7 Å². The average molecular weight is 324 g/mol. The highest BCUT2D eigenvalue weighted by Gasteiger charge is 2.29. The van der Waals surface area contributed by atoms with Crippen LogP contribution < -0.4 is 10.6 Å². The van der Waals surface area contributed by atoms with Crippen molar-refractivity contribution in [2.24, 2.45) is 5.92 Å². The molecule has 126 valence electrons. The highest BCUT2D eigenvalue weighted by Crippen LogP contribution is 2.06. The summed E-state index contributed by atoms with van der Waals surface area (Å²) in [6.07, 6.45) is 4.27. The molecule has 0 aromatic carbocycles. The van der Waals surface area contributed by atoms with Crippen LogP contribution in [0.2, 0.25) is 0 Å². The standard InChI is InChI=1S/C13H21BN4O5/c1-8(2)5-11(14(22)23)18-13(21)10(7-19)17-12(20)9-6-15-3-4-16-9/h3-4,6,8,10-11,19,22-23H,5,7H2,1-2H3,(H,17,20)(H,18,21)/t10-,11-/m0/s1. The van der Waals surface area contributed by atoms with Gasteiger partial charge in [0, 0.05) is 12.4 Å². The zero-order chi connectivity index (χ0) is 17.4. The molecule has 1 aromatic rings. The Morgan fingerprint density at radius 2 is 1.96 bits per heavy atom. The van der Waals surface area contributed by atoms with Crippen LogP contribution in [0.4, 0.5) is 0 Å². The van der Waals surface area contributed by atoms with E-state index in [4.69, 9.17) is 0 Å². The minimum Gasteiger partial charge on any atom is -0.426 e. The van der Waals surface area contributed by atoms with Crippen LogP contribution in [0.3, 0.4) is 0 Å². The fraction of sp³-hybridized carbons (Fsp3) is 0.538. The monoisotopic (exact) mass is 324 g/mol. The van der Waals surface area contributed by atoms with Gasteiger partial charge in [0.25, 0.3) is 5.91 Å². The molecule has 23 heavy (non-hydrogen) atoms. The van der Waals surface area contributed by atoms with Gasteiger partial charge in [0.1, 0.15) is 11.7 Å². The van der Waals surface area contributed by atoms with Crippen LogP contribution in [0, 0.1) is 5.92 Å². The summed E-state index contributed by atoms with van der Waals surface area (Å²) in [5, 5.41) is 32.6. The number of nitrogens with one attached hydrogen (secondary N) is 2. The quantitative estimate of drug-likeness (QED) is 0.352. The molecular weight excluding hydrogens is 303 g/mol. The number of hydrogen-bond donors (Lipinski definition) is 5. The summed E-state index contributed by atoms with van der Waals surface area (Å²) in [6, 6.07) is -1.24. The third-order valence-electron chi connectivity index (χ3n) is 3.01. The Bertz CT molecular complexity index is 514. The Balaban J connectivity index is 2.69. The number of aromatic nitrogens is 2. The van der Waals surface area contributed by atoms with E-state index >= 15 is 0 Å². The van der Waals surface area contributed by atoms with Crippen LogP contribution >= 0.6 is 0 Å². The molecule has 9 nitrogen and oxygen atoms in total. The predicted octanol–water partition coefficient (Wildman–Crippen LogP) is -1.89. The van der Waals surface area contributed by atoms with Crippen LogP contribution in [-0.2, 0) is 4.79 Å². The van der Waals surface area contributed by atoms with Gasteiger partial charge < -0.3 is 25.8 Å². The Hall–Kier alpha value is -2.04. The molecule has 0 aliphatic carbocycles. The van der Waals surface area contributed by atoms with E-state index in [-0.39, 0.29) is 11.6 Å². The highest BCUT2D eigenvalue weighted by atomic mass is 16.4. The van der Waals surface area contributed by atoms with Crippen molar-refractivity contribution in [2.75, 3.05) is 6.61 Å². The van der Waals surface area contributed by atoms with Gasteiger partial charge in [0.15, 0.2) is 0 Å². The lowest BCUT2D eigenvalue weighted by molar-refractivity contribution is -0.124. The molecule has 0 aliphatic heterocycles. The molecular formula is C13H21BN4O5. The maximum atomic E-state index is 12.1. The van der Waals surface area contributed by atoms with Gasteiger partial charge in [-0.05, 0) is 12.3 Å². The summed E-state index contributed by atoms with van der Waals surface area (Å²) in [5.41, 5.74) is -0.000302. The Kier molecular flexibility index (Phi) is 7.59. The van der Waals surface area contributed by atoms with E-state index in [9.17, 15) is 24.7 Å². The second-order valence-corrected chi connectivity index (χ2v) is 5.46. The Labute approximate surface area is 134 Å². The molecule has 0 unspecified atom stereocenters. The summed E-state index contributed by atoms with van der Waals surface area (Å²) >= 11 is 0. The van der Waals surface area contributed by atoms with Gasteiger partial charge in [-0.3, -0.25) is 14.6 Å². The van der Waals surface area contributed by atoms with E-state index < -0.39 is 37.5 Å². The second kappa shape index (κ2) is 9.18. The van der Waals surface area contributed by atoms with Gasteiger partial charge in [-0.2, -0.15) is 0 Å². The minimum atomic E-state index is -1.74. The number of amides is 2. The van der Waals surface area contributed by atoms with E-state index in [2.05, 4.69) is 20.6 Å². The van der Waals surface area contributed by atoms with Crippen LogP contribution in [-0.4, -0.2) is 62.6 Å². The van der Waals surface area contributed by atoms with Gasteiger partial charge in [-0.1, -0.05) is 13.8 Å². The van der Waals surface area contributed by atoms with Crippen LogP contribution in [0.25, 0.3) is 0 Å². The Morgan fingerprint density at radius 3 is 2.43 bits per heavy atom. The molecule has 0 radical (unpaired) electrons. The smallest absolute Gasteiger partial charge is 0.426 e. The topological polar surface area (TPSA) is 145 Å². The molecule has 10 heteroatoms. The number of aliphatic hydroxyl groups excluding tert-OH is 1. The summed E-state index contributed by atoms with van der Waals surface area (Å²) in [7, 11) is -1.74. The number of carbonyl (C=O) groups is 2. The second-order valence-electron chi connectivity index (χ2n) is 5.46. The first-order chi connectivity index (χ1) is 10.8. The Morgan fingerprint density at radius 1 is 1.26 bits per heavy atom. The van der Waals surface area contributed by atoms with Crippen molar-refractivity contribution in [1.82, 2.24) is 20.6 Å². The molecule has 2 amide bonds. The normalized spacial score (nSPS) is 13.3. The highest BCUT2D eigenvalue weighted by molar-refractivity contribution is 6.43. The third-order valence-corrected chi connectivity index (χ3v) is 3.01. The molecule has 0 fully saturated rings. The summed E-state index contributed by atoms with van der Waals surface area (Å²) in [5.74, 6) is -2.17. The summed E-state index contributed by atoms with van der Waals surface area (Å²) in [4.78, 5) is 31.5. The third kappa shape index (κ3) is 6.31. The van der Waals surface area contributed by atoms with Crippen molar-refractivity contribution < 1.29 is 24.7 Å². The van der Waals surface area contributed by atoms with E-state index in [1.807, 2.05) is 13.8 Å². The largest absolute Gasteiger partial charge is 0.475 e. The van der Waals surface area contributed by atoms with E-state index in [0.717, 1.165) is 0 Å². The van der Waals surface area contributed by atoms with Gasteiger partial charge in [0.2, 0.25) is 5.91 Å². The molecule has 0 bridgehead atoms. The number of hydrogen-bond acceptors (Lipinski definition) is 7. The fourth-order valence-electron chi connectivity index (χ4n) is 1.89. The molecule has 2 atom stereocenters. The van der Waals surface area contributed by atoms with Crippen molar-refractivity contribution in [3.8, 4) is 0 Å². The summed E-state index contributed by atoms with van der Waals surface area (Å²) < 4.78 is 0. The number of nitrogens with zero attached hydrogens (tertiary/aromatic N) is 2. The maximum absolute atomic E-state index is 12.1. The van der Waals surface area contributed by atoms with Gasteiger partial charge >= 0.3 is 7.12 Å². The van der Waals surface area contributed by atoms with Crippen LogP contribution in [0.15, 0.2) is 18.6 Å². The zero-order valence-electron chi connectivity index (χ0n) is 13.0. The van der Waals surface area contributed by atoms with Crippen molar-refractivity contribution >= 4 is 18.9 Å². The van der Waals surface area contributed by atoms with Crippen molar-refractivity contribution in [1.29, 1.82) is 0 Å².